The summed E-state index contributed by atoms with van der Waals surface area (Å²) in [4.78, 5) is 0. The second-order valence-corrected chi connectivity index (χ2v) is 0. The molecule has 40 valence electrons. The van der Waals surface area contributed by atoms with E-state index < -0.39 is 0 Å². The van der Waals surface area contributed by atoms with Gasteiger partial charge in [-0.25, -0.2) is 0 Å². The van der Waals surface area contributed by atoms with Gasteiger partial charge in [0.05, 0.1) is 8.41 Å². The molecule has 0 aromatic carbocycles. The van der Waals surface area contributed by atoms with Gasteiger partial charge in [-0.3, -0.25) is 18.8 Å². The SMILES string of the molecule is B.F.F.F.F.[NaH]. The van der Waals surface area contributed by atoms with Gasteiger partial charge in [0, 0.05) is 0 Å². The van der Waals surface area contributed by atoms with Gasteiger partial charge in [0.15, 0.2) is 0 Å². The Morgan fingerprint density at radius 1 is 0.500 bits per heavy atom. The Hall–Kier alpha value is 0.785. The molecule has 0 aliphatic rings. The molecule has 0 radical (unpaired) electrons. The van der Waals surface area contributed by atoms with Gasteiger partial charge in [-0.15, -0.1) is 0 Å². The van der Waals surface area contributed by atoms with Crippen molar-refractivity contribution in [3.63, 3.8) is 0 Å². The van der Waals surface area contributed by atoms with Crippen LogP contribution in [0, 0.1) is 0 Å². The fourth-order valence-electron chi connectivity index (χ4n) is 0. The van der Waals surface area contributed by atoms with Gasteiger partial charge in [-0.2, -0.15) is 0 Å². The first-order chi connectivity index (χ1) is 0. The molecule has 0 saturated carbocycles. The van der Waals surface area contributed by atoms with Crippen molar-refractivity contribution >= 4 is 38.0 Å². The number of hydrogen-bond acceptors (Lipinski definition) is 0. The zero-order valence-electron chi connectivity index (χ0n) is 1.63. The van der Waals surface area contributed by atoms with Gasteiger partial charge >= 0.3 is 29.6 Å². The van der Waals surface area contributed by atoms with E-state index in [-0.39, 0.29) is 56.8 Å². The Kier molecular flexibility index (Phi) is 13200. The first kappa shape index (κ1) is 369. The second kappa shape index (κ2) is 215. The summed E-state index contributed by atoms with van der Waals surface area (Å²) in [5.74, 6) is 0. The monoisotopic (exact) mass is 118 g/mol. The molecular weight excluding hydrogens is 110 g/mol. The summed E-state index contributed by atoms with van der Waals surface area (Å²) in [6.45, 7) is 0. The predicted molar refractivity (Wildman–Crippen MR) is 27.1 cm³/mol. The minimum atomic E-state index is 0. The zero-order chi connectivity index (χ0) is 0. The topological polar surface area (TPSA) is 0 Å². The summed E-state index contributed by atoms with van der Waals surface area (Å²) < 4.78 is 0. The van der Waals surface area contributed by atoms with Crippen LogP contribution in [-0.2, 0) is 0 Å². The van der Waals surface area contributed by atoms with Gasteiger partial charge in [-0.05, 0) is 0 Å². The fourth-order valence-corrected chi connectivity index (χ4v) is 0. The van der Waals surface area contributed by atoms with Crippen LogP contribution in [0.15, 0.2) is 0 Å². The van der Waals surface area contributed by atoms with Crippen LogP contribution in [0.2, 0.25) is 0 Å². The molecule has 0 heterocycles. The molecule has 0 atom stereocenters. The fraction of sp³-hybridized carbons (Fsp3) is 0. The van der Waals surface area contributed by atoms with E-state index in [2.05, 4.69) is 0 Å². The molecule has 0 nitrogen and oxygen atoms in total. The van der Waals surface area contributed by atoms with E-state index >= 15 is 0 Å². The molecule has 0 saturated heterocycles. The average Bonchev–Trinajstić information content (AvgIpc) is 0. The molecule has 0 spiro atoms. The van der Waals surface area contributed by atoms with E-state index in [1.807, 2.05) is 0 Å². The first-order valence-electron chi connectivity index (χ1n) is 0. The van der Waals surface area contributed by atoms with E-state index in [9.17, 15) is 0 Å². The standard InChI is InChI=1S/BH3.4FH.Na.H/h1H3;4*1H;;. The summed E-state index contributed by atoms with van der Waals surface area (Å²) in [5.41, 5.74) is 0. The number of halogens is 4. The second-order valence-electron chi connectivity index (χ2n) is 0. The van der Waals surface area contributed by atoms with Crippen molar-refractivity contribution in [3.8, 4) is 0 Å². The molecule has 0 N–H and O–H groups in total. The summed E-state index contributed by atoms with van der Waals surface area (Å²) in [6.07, 6.45) is 0. The van der Waals surface area contributed by atoms with Crippen molar-refractivity contribution in [2.75, 3.05) is 0 Å². The van der Waals surface area contributed by atoms with Crippen molar-refractivity contribution in [1.82, 2.24) is 0 Å². The Labute approximate surface area is 57.0 Å². The Bertz CT molecular complexity index is 7.51. The molecular formula is H8BF4Na. The maximum atomic E-state index is 0. The molecule has 6 heavy (non-hydrogen) atoms. The van der Waals surface area contributed by atoms with E-state index in [1.54, 1.807) is 0 Å². The van der Waals surface area contributed by atoms with Crippen LogP contribution in [0.1, 0.15) is 0 Å². The molecule has 0 bridgehead atoms. The van der Waals surface area contributed by atoms with Gasteiger partial charge in [-0.1, -0.05) is 0 Å². The Balaban J connectivity index is 0. The first-order valence-corrected chi connectivity index (χ1v) is 0. The molecule has 0 aromatic rings. The van der Waals surface area contributed by atoms with Gasteiger partial charge < -0.3 is 0 Å². The van der Waals surface area contributed by atoms with Crippen molar-refractivity contribution < 1.29 is 18.8 Å². The molecule has 0 amide bonds. The van der Waals surface area contributed by atoms with Crippen LogP contribution >= 0.6 is 0 Å². The van der Waals surface area contributed by atoms with Crippen LogP contribution in [0.4, 0.5) is 18.8 Å². The van der Waals surface area contributed by atoms with E-state index in [0.717, 1.165) is 0 Å². The van der Waals surface area contributed by atoms with Crippen molar-refractivity contribution in [3.05, 3.63) is 0 Å². The third-order valence-corrected chi connectivity index (χ3v) is 0. The van der Waals surface area contributed by atoms with Crippen LogP contribution < -0.4 is 0 Å². The third kappa shape index (κ3) is 111. The van der Waals surface area contributed by atoms with E-state index in [1.165, 1.54) is 0 Å². The third-order valence-electron chi connectivity index (χ3n) is 0. The molecule has 0 aliphatic carbocycles. The summed E-state index contributed by atoms with van der Waals surface area (Å²) in [6, 6.07) is 0. The summed E-state index contributed by atoms with van der Waals surface area (Å²) in [5, 5.41) is 0. The quantitative estimate of drug-likeness (QED) is 0.276. The van der Waals surface area contributed by atoms with Crippen LogP contribution in [0.3, 0.4) is 0 Å². The molecule has 6 heteroatoms. The molecule has 0 unspecified atom stereocenters. The summed E-state index contributed by atoms with van der Waals surface area (Å²) in [7, 11) is 0. The van der Waals surface area contributed by atoms with Gasteiger partial charge in [0.1, 0.15) is 0 Å². The predicted octanol–water partition coefficient (Wildman–Crippen LogP) is -1.22. The van der Waals surface area contributed by atoms with Crippen molar-refractivity contribution in [2.24, 2.45) is 0 Å². The van der Waals surface area contributed by atoms with Crippen molar-refractivity contribution in [1.29, 1.82) is 0 Å². The van der Waals surface area contributed by atoms with Gasteiger partial charge in [0.2, 0.25) is 0 Å². The van der Waals surface area contributed by atoms with Crippen LogP contribution in [0.5, 0.6) is 0 Å². The average molecular weight is 118 g/mol. The molecule has 0 rings (SSSR count). The van der Waals surface area contributed by atoms with Gasteiger partial charge in [0.25, 0.3) is 0 Å². The van der Waals surface area contributed by atoms with Crippen molar-refractivity contribution in [2.45, 2.75) is 0 Å². The minimum absolute atomic E-state index is 0. The number of hydrogen-bond donors (Lipinski definition) is 0. The Morgan fingerprint density at radius 3 is 0.500 bits per heavy atom. The van der Waals surface area contributed by atoms with E-state index in [4.69, 9.17) is 0 Å². The normalized spacial score (nSPS) is 0. The Morgan fingerprint density at radius 2 is 0.500 bits per heavy atom. The zero-order valence-corrected chi connectivity index (χ0v) is 1.63. The maximum absolute atomic E-state index is 0. The number of rotatable bonds is 0. The van der Waals surface area contributed by atoms with Crippen LogP contribution in [0.25, 0.3) is 0 Å². The summed E-state index contributed by atoms with van der Waals surface area (Å²) >= 11 is 0. The molecule has 0 aromatic heterocycles. The van der Waals surface area contributed by atoms with E-state index in [0.29, 0.717) is 0 Å². The van der Waals surface area contributed by atoms with Crippen LogP contribution in [-0.4, -0.2) is 38.0 Å². The molecule has 0 aliphatic heterocycles. The molecule has 0 fully saturated rings.